The largest absolute Gasteiger partial charge is 0.494 e. The molecule has 0 unspecified atom stereocenters. The first-order chi connectivity index (χ1) is 14.1. The maximum Gasteiger partial charge on any atom is 0.243 e. The molecule has 0 radical (unpaired) electrons. The lowest BCUT2D eigenvalue weighted by Gasteiger charge is -2.11. The predicted octanol–water partition coefficient (Wildman–Crippen LogP) is 5.37. The Morgan fingerprint density at radius 3 is 2.45 bits per heavy atom. The average Bonchev–Trinajstić information content (AvgIpc) is 2.74. The molecule has 0 saturated carbocycles. The number of nitrogens with one attached hydrogen (secondary N) is 2. The van der Waals surface area contributed by atoms with Gasteiger partial charge < -0.3 is 15.4 Å². The molecule has 0 fully saturated rings. The fourth-order valence-corrected chi connectivity index (χ4v) is 3.05. The third-order valence-electron chi connectivity index (χ3n) is 4.69. The highest BCUT2D eigenvalue weighted by molar-refractivity contribution is 5.93. The summed E-state index contributed by atoms with van der Waals surface area (Å²) in [6, 6.07) is 24.1. The van der Waals surface area contributed by atoms with Gasteiger partial charge >= 0.3 is 0 Å². The minimum absolute atomic E-state index is 0.0811. The van der Waals surface area contributed by atoms with Crippen LogP contribution in [0.4, 0.5) is 11.4 Å². The van der Waals surface area contributed by atoms with Gasteiger partial charge in [0.1, 0.15) is 5.75 Å². The number of amides is 1. The van der Waals surface area contributed by atoms with Gasteiger partial charge in [-0.25, -0.2) is 0 Å². The highest BCUT2D eigenvalue weighted by Crippen LogP contribution is 2.18. The molecule has 150 valence electrons. The van der Waals surface area contributed by atoms with Crippen molar-refractivity contribution in [3.05, 3.63) is 89.5 Å². The quantitative estimate of drug-likeness (QED) is 0.485. The van der Waals surface area contributed by atoms with Gasteiger partial charge in [0.2, 0.25) is 5.91 Å². The van der Waals surface area contributed by atoms with Crippen LogP contribution < -0.4 is 15.4 Å². The Morgan fingerprint density at radius 2 is 1.69 bits per heavy atom. The number of rotatable bonds is 9. The van der Waals surface area contributed by atoms with E-state index in [1.807, 2.05) is 56.3 Å². The molecular weight excluding hydrogens is 360 g/mol. The Bertz CT molecular complexity index is 921. The molecule has 0 aromatic heterocycles. The molecule has 29 heavy (non-hydrogen) atoms. The van der Waals surface area contributed by atoms with E-state index in [0.29, 0.717) is 6.61 Å². The summed E-state index contributed by atoms with van der Waals surface area (Å²) in [6.07, 6.45) is 1.97. The second-order valence-electron chi connectivity index (χ2n) is 7.18. The minimum atomic E-state index is -0.0811. The van der Waals surface area contributed by atoms with Gasteiger partial charge in [0.25, 0.3) is 0 Å². The second-order valence-corrected chi connectivity index (χ2v) is 7.18. The molecular formula is C25H28N2O2. The molecule has 4 nitrogen and oxygen atoms in total. The lowest BCUT2D eigenvalue weighted by atomic mass is 10.1. The molecule has 3 rings (SSSR count). The van der Waals surface area contributed by atoms with E-state index in [4.69, 9.17) is 4.74 Å². The van der Waals surface area contributed by atoms with Crippen LogP contribution in [0, 0.1) is 13.8 Å². The van der Waals surface area contributed by atoms with Gasteiger partial charge in [-0.15, -0.1) is 0 Å². The Morgan fingerprint density at radius 1 is 0.931 bits per heavy atom. The number of aryl methyl sites for hydroxylation is 3. The maximum atomic E-state index is 12.2. The average molecular weight is 389 g/mol. The highest BCUT2D eigenvalue weighted by Gasteiger charge is 2.05. The van der Waals surface area contributed by atoms with E-state index in [-0.39, 0.29) is 12.5 Å². The molecule has 0 saturated heterocycles. The molecule has 0 spiro atoms. The summed E-state index contributed by atoms with van der Waals surface area (Å²) in [5.41, 5.74) is 5.35. The lowest BCUT2D eigenvalue weighted by Crippen LogP contribution is -2.22. The zero-order valence-corrected chi connectivity index (χ0v) is 17.1. The molecule has 0 atom stereocenters. The number of carbonyl (C=O) groups is 1. The SMILES string of the molecule is Cc1ccc(C)c(NCC(=O)Nc2ccc(OCCCc3ccccc3)cc2)c1. The maximum absolute atomic E-state index is 12.2. The number of anilines is 2. The van der Waals surface area contributed by atoms with E-state index in [1.54, 1.807) is 0 Å². The number of hydrogen-bond acceptors (Lipinski definition) is 3. The summed E-state index contributed by atoms with van der Waals surface area (Å²) in [5, 5.41) is 6.10. The van der Waals surface area contributed by atoms with Crippen molar-refractivity contribution in [3.63, 3.8) is 0 Å². The molecule has 4 heteroatoms. The molecule has 0 aliphatic rings. The smallest absolute Gasteiger partial charge is 0.243 e. The molecule has 0 bridgehead atoms. The first-order valence-corrected chi connectivity index (χ1v) is 9.98. The summed E-state index contributed by atoms with van der Waals surface area (Å²) >= 11 is 0. The Kier molecular flexibility index (Phi) is 7.28. The van der Waals surface area contributed by atoms with Crippen molar-refractivity contribution in [1.29, 1.82) is 0 Å². The third-order valence-corrected chi connectivity index (χ3v) is 4.69. The zero-order chi connectivity index (χ0) is 20.5. The van der Waals surface area contributed by atoms with Crippen LogP contribution in [-0.4, -0.2) is 19.1 Å². The van der Waals surface area contributed by atoms with Crippen LogP contribution in [0.2, 0.25) is 0 Å². The van der Waals surface area contributed by atoms with Gasteiger partial charge in [-0.2, -0.15) is 0 Å². The number of carbonyl (C=O) groups excluding carboxylic acids is 1. The van der Waals surface area contributed by atoms with Crippen molar-refractivity contribution in [1.82, 2.24) is 0 Å². The predicted molar refractivity (Wildman–Crippen MR) is 120 cm³/mol. The van der Waals surface area contributed by atoms with E-state index in [1.165, 1.54) is 5.56 Å². The van der Waals surface area contributed by atoms with E-state index >= 15 is 0 Å². The summed E-state index contributed by atoms with van der Waals surface area (Å²) in [5.74, 6) is 0.729. The zero-order valence-electron chi connectivity index (χ0n) is 17.1. The van der Waals surface area contributed by atoms with Gasteiger partial charge in [0, 0.05) is 11.4 Å². The van der Waals surface area contributed by atoms with Crippen LogP contribution in [0.3, 0.4) is 0 Å². The highest BCUT2D eigenvalue weighted by atomic mass is 16.5. The number of hydrogen-bond donors (Lipinski definition) is 2. The van der Waals surface area contributed by atoms with Gasteiger partial charge in [-0.1, -0.05) is 42.5 Å². The molecule has 3 aromatic rings. The Labute approximate surface area is 172 Å². The summed E-state index contributed by atoms with van der Waals surface area (Å²) in [6.45, 7) is 4.96. The molecule has 0 aliphatic carbocycles. The Hall–Kier alpha value is -3.27. The van der Waals surface area contributed by atoms with Crippen LogP contribution in [0.25, 0.3) is 0 Å². The van der Waals surface area contributed by atoms with Crippen molar-refractivity contribution in [2.45, 2.75) is 26.7 Å². The van der Waals surface area contributed by atoms with Crippen LogP contribution in [0.5, 0.6) is 5.75 Å². The molecule has 2 N–H and O–H groups in total. The summed E-state index contributed by atoms with van der Waals surface area (Å²) in [7, 11) is 0. The van der Waals surface area contributed by atoms with E-state index in [2.05, 4.69) is 41.0 Å². The molecule has 0 heterocycles. The van der Waals surface area contributed by atoms with Crippen molar-refractivity contribution < 1.29 is 9.53 Å². The molecule has 0 aliphatic heterocycles. The van der Waals surface area contributed by atoms with E-state index in [0.717, 1.165) is 41.1 Å². The van der Waals surface area contributed by atoms with Crippen molar-refractivity contribution in [3.8, 4) is 5.75 Å². The van der Waals surface area contributed by atoms with Gasteiger partial charge in [0.05, 0.1) is 13.2 Å². The molecule has 3 aromatic carbocycles. The van der Waals surface area contributed by atoms with Crippen molar-refractivity contribution in [2.75, 3.05) is 23.8 Å². The minimum Gasteiger partial charge on any atom is -0.494 e. The van der Waals surface area contributed by atoms with Crippen molar-refractivity contribution in [2.24, 2.45) is 0 Å². The van der Waals surface area contributed by atoms with Crippen LogP contribution >= 0.6 is 0 Å². The second kappa shape index (κ2) is 10.3. The Balaban J connectivity index is 1.40. The fourth-order valence-electron chi connectivity index (χ4n) is 3.05. The number of benzene rings is 3. The van der Waals surface area contributed by atoms with E-state index in [9.17, 15) is 4.79 Å². The lowest BCUT2D eigenvalue weighted by molar-refractivity contribution is -0.114. The fraction of sp³-hybridized carbons (Fsp3) is 0.240. The van der Waals surface area contributed by atoms with Crippen molar-refractivity contribution >= 4 is 17.3 Å². The first-order valence-electron chi connectivity index (χ1n) is 9.98. The topological polar surface area (TPSA) is 50.4 Å². The molecule has 1 amide bonds. The monoisotopic (exact) mass is 388 g/mol. The van der Waals surface area contributed by atoms with Gasteiger partial charge in [-0.05, 0) is 73.7 Å². The third kappa shape index (κ3) is 6.68. The van der Waals surface area contributed by atoms with Gasteiger partial charge in [0.15, 0.2) is 0 Å². The standard InChI is InChI=1S/C25H28N2O2/c1-19-10-11-20(2)24(17-19)26-18-25(28)27-22-12-14-23(15-13-22)29-16-6-9-21-7-4-3-5-8-21/h3-5,7-8,10-15,17,26H,6,9,16,18H2,1-2H3,(H,27,28). The van der Waals surface area contributed by atoms with Crippen LogP contribution in [-0.2, 0) is 11.2 Å². The summed E-state index contributed by atoms with van der Waals surface area (Å²) < 4.78 is 5.79. The van der Waals surface area contributed by atoms with Crippen LogP contribution in [0.15, 0.2) is 72.8 Å². The van der Waals surface area contributed by atoms with Crippen LogP contribution in [0.1, 0.15) is 23.1 Å². The normalized spacial score (nSPS) is 10.4. The van der Waals surface area contributed by atoms with E-state index < -0.39 is 0 Å². The summed E-state index contributed by atoms with van der Waals surface area (Å²) in [4.78, 5) is 12.2. The number of ether oxygens (including phenoxy) is 1. The first kappa shape index (κ1) is 20.5. The van der Waals surface area contributed by atoms with Gasteiger partial charge in [-0.3, -0.25) is 4.79 Å².